The number of benzene rings is 1. The maximum absolute atomic E-state index is 10.5. The molecule has 0 saturated heterocycles. The predicted molar refractivity (Wildman–Crippen MR) is 72.4 cm³/mol. The lowest BCUT2D eigenvalue weighted by molar-refractivity contribution is -0.139. The second kappa shape index (κ2) is 5.27. The summed E-state index contributed by atoms with van der Waals surface area (Å²) in [6, 6.07) is 5.73. The van der Waals surface area contributed by atoms with Gasteiger partial charge in [0, 0.05) is 19.3 Å². The highest BCUT2D eigenvalue weighted by Gasteiger charge is 2.13. The molecular formula is C13H17N3O3. The first-order valence-electron chi connectivity index (χ1n) is 6.03. The van der Waals surface area contributed by atoms with E-state index in [1.54, 1.807) is 0 Å². The Morgan fingerprint density at radius 1 is 1.53 bits per heavy atom. The van der Waals surface area contributed by atoms with Crippen LogP contribution in [0.25, 0.3) is 11.0 Å². The molecule has 2 aromatic rings. The van der Waals surface area contributed by atoms with Crippen LogP contribution in [0.15, 0.2) is 18.2 Å². The molecule has 1 aromatic carbocycles. The van der Waals surface area contributed by atoms with Gasteiger partial charge in [0.1, 0.15) is 5.82 Å². The van der Waals surface area contributed by atoms with Gasteiger partial charge in [-0.1, -0.05) is 0 Å². The van der Waals surface area contributed by atoms with Gasteiger partial charge in [-0.2, -0.15) is 0 Å². The summed E-state index contributed by atoms with van der Waals surface area (Å²) >= 11 is 0. The molecule has 3 N–H and O–H groups in total. The smallest absolute Gasteiger partial charge is 0.306 e. The summed E-state index contributed by atoms with van der Waals surface area (Å²) in [6.45, 7) is 2.16. The Kier molecular flexibility index (Phi) is 3.71. The zero-order valence-corrected chi connectivity index (χ0v) is 10.9. The van der Waals surface area contributed by atoms with E-state index in [4.69, 9.17) is 5.11 Å². The molecule has 0 fully saturated rings. The second-order valence-corrected chi connectivity index (χ2v) is 4.66. The van der Waals surface area contributed by atoms with E-state index in [1.807, 2.05) is 37.1 Å². The van der Waals surface area contributed by atoms with Crippen LogP contribution in [0.2, 0.25) is 0 Å². The van der Waals surface area contributed by atoms with E-state index in [-0.39, 0.29) is 13.0 Å². The number of aliphatic carboxylic acids is 1. The van der Waals surface area contributed by atoms with Crippen LogP contribution in [0.1, 0.15) is 12.2 Å². The number of aryl methyl sites for hydroxylation is 1. The molecule has 6 nitrogen and oxygen atoms in total. The number of anilines is 1. The molecule has 0 amide bonds. The number of H-pyrrole nitrogens is 1. The number of hydrogen-bond acceptors (Lipinski definition) is 4. The minimum Gasteiger partial charge on any atom is -0.481 e. The average Bonchev–Trinajstić information content (AvgIpc) is 2.66. The zero-order valence-electron chi connectivity index (χ0n) is 10.9. The van der Waals surface area contributed by atoms with Crippen LogP contribution in [0, 0.1) is 6.92 Å². The summed E-state index contributed by atoms with van der Waals surface area (Å²) in [5, 5.41) is 18.2. The third-order valence-electron chi connectivity index (χ3n) is 2.92. The van der Waals surface area contributed by atoms with E-state index in [0.29, 0.717) is 0 Å². The van der Waals surface area contributed by atoms with Crippen molar-refractivity contribution in [3.63, 3.8) is 0 Å². The van der Waals surface area contributed by atoms with Gasteiger partial charge in [0.25, 0.3) is 0 Å². The van der Waals surface area contributed by atoms with Crippen LogP contribution in [0.4, 0.5) is 5.69 Å². The van der Waals surface area contributed by atoms with Crippen molar-refractivity contribution in [3.05, 3.63) is 24.0 Å². The largest absolute Gasteiger partial charge is 0.481 e. The average molecular weight is 263 g/mol. The fourth-order valence-electron chi connectivity index (χ4n) is 2.05. The lowest BCUT2D eigenvalue weighted by Crippen LogP contribution is -2.30. The Balaban J connectivity index is 2.12. The standard InChI is InChI=1S/C13H17N3O3/c1-8-14-11-4-3-9(5-12(11)15-8)16(2)7-10(17)6-13(18)19/h3-5,10,17H,6-7H2,1-2H3,(H,14,15)(H,18,19). The van der Waals surface area contributed by atoms with Crippen LogP contribution in [-0.2, 0) is 4.79 Å². The number of aromatic amines is 1. The monoisotopic (exact) mass is 263 g/mol. The number of aliphatic hydroxyl groups excluding tert-OH is 1. The molecular weight excluding hydrogens is 246 g/mol. The topological polar surface area (TPSA) is 89.4 Å². The molecule has 1 heterocycles. The van der Waals surface area contributed by atoms with Crippen molar-refractivity contribution < 1.29 is 15.0 Å². The molecule has 0 aliphatic heterocycles. The van der Waals surface area contributed by atoms with Crippen LogP contribution in [0.3, 0.4) is 0 Å². The Morgan fingerprint density at radius 3 is 2.95 bits per heavy atom. The van der Waals surface area contributed by atoms with Gasteiger partial charge in [0.15, 0.2) is 0 Å². The highest BCUT2D eigenvalue weighted by Crippen LogP contribution is 2.20. The third-order valence-corrected chi connectivity index (χ3v) is 2.92. The van der Waals surface area contributed by atoms with Crippen molar-refractivity contribution in [2.45, 2.75) is 19.4 Å². The predicted octanol–water partition coefficient (Wildman–Crippen LogP) is 1.14. The van der Waals surface area contributed by atoms with Crippen molar-refractivity contribution in [1.29, 1.82) is 0 Å². The van der Waals surface area contributed by atoms with Crippen molar-refractivity contribution in [3.8, 4) is 0 Å². The van der Waals surface area contributed by atoms with Gasteiger partial charge >= 0.3 is 5.97 Å². The van der Waals surface area contributed by atoms with Crippen molar-refractivity contribution in [2.24, 2.45) is 0 Å². The number of hydrogen-bond donors (Lipinski definition) is 3. The maximum atomic E-state index is 10.5. The normalized spacial score (nSPS) is 12.6. The molecule has 0 aliphatic carbocycles. The molecule has 1 aromatic heterocycles. The first kappa shape index (κ1) is 13.4. The Morgan fingerprint density at radius 2 is 2.26 bits per heavy atom. The number of carboxylic acid groups (broad SMARTS) is 1. The third kappa shape index (κ3) is 3.23. The quantitative estimate of drug-likeness (QED) is 0.752. The minimum atomic E-state index is -0.999. The number of aliphatic hydroxyl groups is 1. The lowest BCUT2D eigenvalue weighted by atomic mass is 10.2. The van der Waals surface area contributed by atoms with Gasteiger partial charge in [-0.05, 0) is 25.1 Å². The number of nitrogens with one attached hydrogen (secondary N) is 1. The Labute approximate surface area is 110 Å². The van der Waals surface area contributed by atoms with Crippen LogP contribution < -0.4 is 4.90 Å². The van der Waals surface area contributed by atoms with Gasteiger partial charge in [0.2, 0.25) is 0 Å². The van der Waals surface area contributed by atoms with Crippen LogP contribution in [0.5, 0.6) is 0 Å². The number of imidazole rings is 1. The summed E-state index contributed by atoms with van der Waals surface area (Å²) in [7, 11) is 1.81. The van der Waals surface area contributed by atoms with Crippen LogP contribution in [-0.4, -0.2) is 45.8 Å². The number of likely N-dealkylation sites (N-methyl/N-ethyl adjacent to an activating group) is 1. The molecule has 0 spiro atoms. The number of fused-ring (bicyclic) bond motifs is 1. The van der Waals surface area contributed by atoms with E-state index in [1.165, 1.54) is 0 Å². The van der Waals surface area contributed by atoms with Gasteiger partial charge < -0.3 is 20.1 Å². The molecule has 0 saturated carbocycles. The lowest BCUT2D eigenvalue weighted by Gasteiger charge is -2.21. The fourth-order valence-corrected chi connectivity index (χ4v) is 2.05. The molecule has 102 valence electrons. The summed E-state index contributed by atoms with van der Waals surface area (Å²) < 4.78 is 0. The van der Waals surface area contributed by atoms with E-state index < -0.39 is 12.1 Å². The maximum Gasteiger partial charge on any atom is 0.306 e. The van der Waals surface area contributed by atoms with E-state index in [2.05, 4.69) is 9.97 Å². The van der Waals surface area contributed by atoms with Gasteiger partial charge in [0.05, 0.1) is 23.6 Å². The van der Waals surface area contributed by atoms with Crippen LogP contribution >= 0.6 is 0 Å². The molecule has 6 heteroatoms. The van der Waals surface area contributed by atoms with E-state index >= 15 is 0 Å². The highest BCUT2D eigenvalue weighted by atomic mass is 16.4. The van der Waals surface area contributed by atoms with Crippen molar-refractivity contribution in [1.82, 2.24) is 9.97 Å². The number of aromatic nitrogens is 2. The van der Waals surface area contributed by atoms with Crippen molar-refractivity contribution >= 4 is 22.7 Å². The number of carboxylic acids is 1. The Bertz CT molecular complexity index is 594. The summed E-state index contributed by atoms with van der Waals surface area (Å²) in [5.41, 5.74) is 2.72. The summed E-state index contributed by atoms with van der Waals surface area (Å²) in [6.07, 6.45) is -1.14. The molecule has 0 aliphatic rings. The molecule has 0 bridgehead atoms. The van der Waals surface area contributed by atoms with Gasteiger partial charge in [-0.15, -0.1) is 0 Å². The minimum absolute atomic E-state index is 0.254. The second-order valence-electron chi connectivity index (χ2n) is 4.66. The highest BCUT2D eigenvalue weighted by molar-refractivity contribution is 5.79. The first-order chi connectivity index (χ1) is 8.95. The fraction of sp³-hybridized carbons (Fsp3) is 0.385. The first-order valence-corrected chi connectivity index (χ1v) is 6.03. The van der Waals surface area contributed by atoms with Gasteiger partial charge in [-0.3, -0.25) is 4.79 Å². The number of nitrogens with zero attached hydrogens (tertiary/aromatic N) is 2. The number of rotatable bonds is 5. The zero-order chi connectivity index (χ0) is 14.0. The molecule has 1 unspecified atom stereocenters. The summed E-state index contributed by atoms with van der Waals surface area (Å²) in [4.78, 5) is 19.8. The Hall–Kier alpha value is -2.08. The molecule has 19 heavy (non-hydrogen) atoms. The number of carbonyl (C=O) groups is 1. The molecule has 0 radical (unpaired) electrons. The van der Waals surface area contributed by atoms with Gasteiger partial charge in [-0.25, -0.2) is 4.98 Å². The van der Waals surface area contributed by atoms with E-state index in [0.717, 1.165) is 22.5 Å². The van der Waals surface area contributed by atoms with Crippen molar-refractivity contribution in [2.75, 3.05) is 18.5 Å². The SMILES string of the molecule is Cc1nc2ccc(N(C)CC(O)CC(=O)O)cc2[nH]1. The van der Waals surface area contributed by atoms with E-state index in [9.17, 15) is 9.90 Å². The molecule has 2 rings (SSSR count). The molecule has 1 atom stereocenters. The summed E-state index contributed by atoms with van der Waals surface area (Å²) in [5.74, 6) is -0.152.